The number of hydrogen-bond acceptors (Lipinski definition) is 7. The van der Waals surface area contributed by atoms with Crippen molar-refractivity contribution in [2.75, 3.05) is 0 Å². The molecular formula is C39H52O7. The van der Waals surface area contributed by atoms with Gasteiger partial charge in [-0.2, -0.15) is 0 Å². The molecular weight excluding hydrogens is 580 g/mol. The number of carbonyl (C=O) groups excluding carboxylic acids is 2. The van der Waals surface area contributed by atoms with Gasteiger partial charge in [0.25, 0.3) is 0 Å². The third kappa shape index (κ3) is 6.60. The summed E-state index contributed by atoms with van der Waals surface area (Å²) in [6, 6.07) is 19.2. The minimum atomic E-state index is -1.58. The maximum absolute atomic E-state index is 12.6. The van der Waals surface area contributed by atoms with Gasteiger partial charge in [-0.25, -0.2) is 4.79 Å². The Morgan fingerprint density at radius 2 is 1.48 bits per heavy atom. The van der Waals surface area contributed by atoms with Crippen molar-refractivity contribution in [3.8, 4) is 0 Å². The fourth-order valence-corrected chi connectivity index (χ4v) is 10.5. The number of rotatable bonds is 9. The van der Waals surface area contributed by atoms with Crippen LogP contribution in [0.4, 0.5) is 4.79 Å². The molecule has 0 saturated heterocycles. The molecule has 7 nitrogen and oxygen atoms in total. The zero-order chi connectivity index (χ0) is 32.5. The van der Waals surface area contributed by atoms with Gasteiger partial charge in [0.1, 0.15) is 13.2 Å². The molecule has 6 rings (SSSR count). The molecule has 0 radical (unpaired) electrons. The Hall–Kier alpha value is -2.90. The van der Waals surface area contributed by atoms with Gasteiger partial charge in [0, 0.05) is 19.3 Å². The second-order valence-corrected chi connectivity index (χ2v) is 15.5. The molecule has 46 heavy (non-hydrogen) atoms. The van der Waals surface area contributed by atoms with Crippen molar-refractivity contribution < 1.29 is 34.0 Å². The van der Waals surface area contributed by atoms with E-state index in [1.54, 1.807) is 0 Å². The van der Waals surface area contributed by atoms with Crippen molar-refractivity contribution in [2.24, 2.45) is 46.3 Å². The molecule has 0 aliphatic heterocycles. The van der Waals surface area contributed by atoms with Crippen molar-refractivity contribution >= 4 is 12.1 Å². The summed E-state index contributed by atoms with van der Waals surface area (Å²) in [4.78, 5) is 25.2. The molecule has 4 aliphatic carbocycles. The van der Waals surface area contributed by atoms with Gasteiger partial charge in [-0.05, 0) is 102 Å². The van der Waals surface area contributed by atoms with E-state index in [2.05, 4.69) is 20.8 Å². The van der Waals surface area contributed by atoms with Crippen molar-refractivity contribution in [1.82, 2.24) is 0 Å². The zero-order valence-electron chi connectivity index (χ0n) is 27.7. The van der Waals surface area contributed by atoms with Crippen molar-refractivity contribution in [3.63, 3.8) is 0 Å². The first-order valence-corrected chi connectivity index (χ1v) is 17.5. The van der Waals surface area contributed by atoms with Crippen LogP contribution in [0.5, 0.6) is 0 Å². The van der Waals surface area contributed by atoms with Crippen LogP contribution in [0.1, 0.15) is 96.1 Å². The monoisotopic (exact) mass is 632 g/mol. The van der Waals surface area contributed by atoms with Crippen LogP contribution in [0.2, 0.25) is 0 Å². The number of carbonyl (C=O) groups is 2. The Morgan fingerprint density at radius 3 is 2.15 bits per heavy atom. The molecule has 2 aromatic rings. The topological polar surface area (TPSA) is 102 Å². The fraction of sp³-hybridized carbons (Fsp3) is 0.641. The lowest BCUT2D eigenvalue weighted by Crippen LogP contribution is -2.60. The van der Waals surface area contributed by atoms with Crippen LogP contribution in [-0.2, 0) is 32.2 Å². The van der Waals surface area contributed by atoms with Crippen LogP contribution >= 0.6 is 0 Å². The third-order valence-corrected chi connectivity index (χ3v) is 13.0. The SMILES string of the molecule is C[C@H](CCC(=O)OCc1ccccc1)[C@H]1CC[C@H]2[C@@H]3[C@@H](O)CC4C[C@](O)(OC(=O)OCc5ccccc5)CC[C@]4(C)[C@H]3CC[C@]12C. The molecule has 7 heteroatoms. The lowest BCUT2D eigenvalue weighted by Gasteiger charge is -2.63. The van der Waals surface area contributed by atoms with Gasteiger partial charge in [-0.15, -0.1) is 0 Å². The molecule has 0 aromatic heterocycles. The van der Waals surface area contributed by atoms with Crippen LogP contribution in [0, 0.1) is 46.3 Å². The molecule has 4 fully saturated rings. The average molecular weight is 633 g/mol. The van der Waals surface area contributed by atoms with Gasteiger partial charge >= 0.3 is 12.1 Å². The molecule has 1 unspecified atom stereocenters. The number of benzene rings is 2. The van der Waals surface area contributed by atoms with Gasteiger partial charge in [0.05, 0.1) is 6.10 Å². The first-order valence-electron chi connectivity index (χ1n) is 17.5. The number of aliphatic hydroxyl groups excluding tert-OH is 1. The number of esters is 1. The second kappa shape index (κ2) is 13.3. The van der Waals surface area contributed by atoms with E-state index in [9.17, 15) is 19.8 Å². The summed E-state index contributed by atoms with van der Waals surface area (Å²) in [7, 11) is 0. The summed E-state index contributed by atoms with van der Waals surface area (Å²) in [5, 5.41) is 23.2. The molecule has 0 amide bonds. The summed E-state index contributed by atoms with van der Waals surface area (Å²) in [5.74, 6) is 0.323. The molecule has 2 aromatic carbocycles. The molecule has 0 heterocycles. The van der Waals surface area contributed by atoms with E-state index in [1.807, 2.05) is 60.7 Å². The Bertz CT molecular complexity index is 1350. The Balaban J connectivity index is 1.05. The number of hydrogen-bond donors (Lipinski definition) is 2. The largest absolute Gasteiger partial charge is 0.511 e. The summed E-state index contributed by atoms with van der Waals surface area (Å²) in [6.07, 6.45) is 6.46. The van der Waals surface area contributed by atoms with Crippen LogP contribution in [0.15, 0.2) is 60.7 Å². The van der Waals surface area contributed by atoms with Crippen LogP contribution in [0.3, 0.4) is 0 Å². The standard InChI is InChI=1S/C39H52O7/c1-26(14-17-34(41)44-24-27-10-6-4-7-11-27)30-15-16-31-35-32(18-19-38(30,31)3)37(2)20-21-39(43,23-29(37)22-33(35)40)46-36(42)45-25-28-12-8-5-9-13-28/h4-13,26,29-33,35,40,43H,14-25H2,1-3H3/t26-,29?,30-,31+,32+,33+,35+,37+,38-,39-/m1/s1. The molecule has 2 N–H and O–H groups in total. The third-order valence-electron chi connectivity index (χ3n) is 13.0. The van der Waals surface area contributed by atoms with E-state index >= 15 is 0 Å². The highest BCUT2D eigenvalue weighted by Crippen LogP contribution is 2.69. The van der Waals surface area contributed by atoms with Crippen molar-refractivity contribution in [3.05, 3.63) is 71.8 Å². The molecule has 10 atom stereocenters. The lowest BCUT2D eigenvalue weighted by atomic mass is 9.43. The predicted molar refractivity (Wildman–Crippen MR) is 174 cm³/mol. The van der Waals surface area contributed by atoms with Crippen molar-refractivity contribution in [2.45, 2.75) is 110 Å². The minimum Gasteiger partial charge on any atom is -0.461 e. The Kier molecular flexibility index (Phi) is 9.55. The second-order valence-electron chi connectivity index (χ2n) is 15.5. The minimum absolute atomic E-state index is 0.0268. The summed E-state index contributed by atoms with van der Waals surface area (Å²) in [6.45, 7) is 7.52. The van der Waals surface area contributed by atoms with E-state index in [0.717, 1.165) is 49.7 Å². The maximum atomic E-state index is 12.6. The smallest absolute Gasteiger partial charge is 0.461 e. The van der Waals surface area contributed by atoms with E-state index in [0.29, 0.717) is 56.0 Å². The zero-order valence-corrected chi connectivity index (χ0v) is 27.7. The molecule has 250 valence electrons. The number of fused-ring (bicyclic) bond motifs is 5. The number of ether oxygens (including phenoxy) is 3. The van der Waals surface area contributed by atoms with Crippen LogP contribution in [0.25, 0.3) is 0 Å². The quantitative estimate of drug-likeness (QED) is 0.215. The molecule has 0 spiro atoms. The van der Waals surface area contributed by atoms with E-state index < -0.39 is 18.0 Å². The first-order chi connectivity index (χ1) is 22.0. The molecule has 4 saturated carbocycles. The van der Waals surface area contributed by atoms with Gasteiger partial charge < -0.3 is 24.4 Å². The van der Waals surface area contributed by atoms with Gasteiger partial charge in [0.15, 0.2) is 0 Å². The highest BCUT2D eigenvalue weighted by atomic mass is 16.8. The normalized spacial score (nSPS) is 37.2. The van der Waals surface area contributed by atoms with E-state index in [-0.39, 0.29) is 35.2 Å². The summed E-state index contributed by atoms with van der Waals surface area (Å²) < 4.78 is 16.4. The number of aliphatic hydroxyl groups is 2. The van der Waals surface area contributed by atoms with Gasteiger partial charge in [-0.3, -0.25) is 4.79 Å². The average Bonchev–Trinajstić information content (AvgIpc) is 3.40. The first kappa shape index (κ1) is 33.0. The van der Waals surface area contributed by atoms with Crippen molar-refractivity contribution in [1.29, 1.82) is 0 Å². The predicted octanol–water partition coefficient (Wildman–Crippen LogP) is 7.82. The Labute approximate surface area is 274 Å². The van der Waals surface area contributed by atoms with Gasteiger partial charge in [0.2, 0.25) is 5.79 Å². The summed E-state index contributed by atoms with van der Waals surface area (Å²) >= 11 is 0. The maximum Gasteiger partial charge on any atom is 0.511 e. The summed E-state index contributed by atoms with van der Waals surface area (Å²) in [5.41, 5.74) is 1.98. The lowest BCUT2D eigenvalue weighted by molar-refractivity contribution is -0.251. The van der Waals surface area contributed by atoms with E-state index in [1.165, 1.54) is 0 Å². The highest BCUT2D eigenvalue weighted by molar-refractivity contribution is 5.69. The highest BCUT2D eigenvalue weighted by Gasteiger charge is 2.64. The van der Waals surface area contributed by atoms with Crippen LogP contribution < -0.4 is 0 Å². The molecule has 0 bridgehead atoms. The molecule has 4 aliphatic rings. The van der Waals surface area contributed by atoms with Gasteiger partial charge in [-0.1, -0.05) is 81.4 Å². The Morgan fingerprint density at radius 1 is 0.848 bits per heavy atom. The fourth-order valence-electron chi connectivity index (χ4n) is 10.5. The van der Waals surface area contributed by atoms with E-state index in [4.69, 9.17) is 14.2 Å². The van der Waals surface area contributed by atoms with Crippen LogP contribution in [-0.4, -0.2) is 34.2 Å².